The van der Waals surface area contributed by atoms with Crippen molar-refractivity contribution in [2.45, 2.75) is 25.9 Å². The van der Waals surface area contributed by atoms with Crippen molar-refractivity contribution in [3.63, 3.8) is 0 Å². The molecule has 1 saturated heterocycles. The third-order valence-corrected chi connectivity index (χ3v) is 4.10. The predicted octanol–water partition coefficient (Wildman–Crippen LogP) is 2.24. The summed E-state index contributed by atoms with van der Waals surface area (Å²) in [5, 5.41) is 0.0175. The molecule has 0 radical (unpaired) electrons. The second-order valence-electron chi connectivity index (χ2n) is 5.56. The van der Waals surface area contributed by atoms with Crippen molar-refractivity contribution in [3.8, 4) is 11.4 Å². The van der Waals surface area contributed by atoms with Crippen LogP contribution in [0.4, 0.5) is 10.2 Å². The highest BCUT2D eigenvalue weighted by atomic mass is 35.5. The zero-order valence-electron chi connectivity index (χ0n) is 12.7. The molecule has 0 aromatic carbocycles. The first-order valence-corrected chi connectivity index (χ1v) is 7.63. The maximum atomic E-state index is 13.3. The fourth-order valence-electron chi connectivity index (χ4n) is 2.73. The molecule has 1 aliphatic heterocycles. The van der Waals surface area contributed by atoms with Crippen LogP contribution in [0.1, 0.15) is 13.8 Å². The molecule has 6 nitrogen and oxygen atoms in total. The largest absolute Gasteiger partial charge is 0.377 e. The van der Waals surface area contributed by atoms with Gasteiger partial charge in [0, 0.05) is 17.8 Å². The fourth-order valence-corrected chi connectivity index (χ4v) is 2.91. The Labute approximate surface area is 137 Å². The second kappa shape index (κ2) is 6.25. The van der Waals surface area contributed by atoms with Gasteiger partial charge >= 0.3 is 0 Å². The number of rotatable bonds is 2. The SMILES string of the molecule is C[C@H]1COC[C@H](C)N1c1nc(-c2ccnc(F)c2)[nH]c(=O)c1Cl. The van der Waals surface area contributed by atoms with Gasteiger partial charge < -0.3 is 14.6 Å². The maximum absolute atomic E-state index is 13.3. The van der Waals surface area contributed by atoms with Crippen molar-refractivity contribution >= 4 is 17.4 Å². The Morgan fingerprint density at radius 2 is 2.09 bits per heavy atom. The summed E-state index contributed by atoms with van der Waals surface area (Å²) in [6.07, 6.45) is 1.32. The highest BCUT2D eigenvalue weighted by Crippen LogP contribution is 2.28. The maximum Gasteiger partial charge on any atom is 0.272 e. The van der Waals surface area contributed by atoms with Gasteiger partial charge in [-0.2, -0.15) is 4.39 Å². The van der Waals surface area contributed by atoms with Crippen molar-refractivity contribution in [2.75, 3.05) is 18.1 Å². The molecule has 8 heteroatoms. The molecule has 2 atom stereocenters. The van der Waals surface area contributed by atoms with E-state index in [1.807, 2.05) is 18.7 Å². The molecule has 2 aromatic rings. The van der Waals surface area contributed by atoms with Gasteiger partial charge in [-0.05, 0) is 19.9 Å². The summed E-state index contributed by atoms with van der Waals surface area (Å²) in [5.74, 6) is -0.0118. The standard InChI is InChI=1S/C15H16ClFN4O2/c1-8-6-23-7-9(2)21(8)14-12(16)15(22)20-13(19-14)10-3-4-18-11(17)5-10/h3-5,8-9H,6-7H2,1-2H3,(H,19,20,22)/t8-,9-/m0/s1. The summed E-state index contributed by atoms with van der Waals surface area (Å²) in [6, 6.07) is 2.83. The molecule has 0 bridgehead atoms. The first-order valence-electron chi connectivity index (χ1n) is 7.25. The lowest BCUT2D eigenvalue weighted by molar-refractivity contribution is 0.0752. The number of pyridine rings is 1. The third-order valence-electron chi connectivity index (χ3n) is 3.76. The van der Waals surface area contributed by atoms with Gasteiger partial charge in [0.25, 0.3) is 5.56 Å². The van der Waals surface area contributed by atoms with E-state index >= 15 is 0 Å². The van der Waals surface area contributed by atoms with E-state index in [1.165, 1.54) is 12.3 Å². The van der Waals surface area contributed by atoms with Crippen LogP contribution in [0.3, 0.4) is 0 Å². The van der Waals surface area contributed by atoms with Crippen molar-refractivity contribution in [3.05, 3.63) is 39.7 Å². The van der Waals surface area contributed by atoms with Crippen LogP contribution in [0, 0.1) is 5.95 Å². The van der Waals surface area contributed by atoms with Crippen molar-refractivity contribution in [1.29, 1.82) is 0 Å². The molecule has 1 fully saturated rings. The first kappa shape index (κ1) is 15.9. The number of ether oxygens (including phenoxy) is 1. The number of halogens is 2. The lowest BCUT2D eigenvalue weighted by Gasteiger charge is -2.40. The number of anilines is 1. The van der Waals surface area contributed by atoms with Crippen LogP contribution in [-0.2, 0) is 4.74 Å². The minimum Gasteiger partial charge on any atom is -0.377 e. The van der Waals surface area contributed by atoms with Gasteiger partial charge in [0.2, 0.25) is 5.95 Å². The number of morpholine rings is 1. The van der Waals surface area contributed by atoms with E-state index in [0.29, 0.717) is 24.6 Å². The molecule has 3 heterocycles. The Balaban J connectivity index is 2.12. The van der Waals surface area contributed by atoms with Crippen LogP contribution in [0.25, 0.3) is 11.4 Å². The summed E-state index contributed by atoms with van der Waals surface area (Å²) >= 11 is 6.17. The van der Waals surface area contributed by atoms with Gasteiger partial charge in [-0.15, -0.1) is 0 Å². The van der Waals surface area contributed by atoms with Gasteiger partial charge in [-0.1, -0.05) is 11.6 Å². The van der Waals surface area contributed by atoms with Gasteiger partial charge in [0.15, 0.2) is 5.82 Å². The number of hydrogen-bond acceptors (Lipinski definition) is 5. The Morgan fingerprint density at radius 3 is 2.74 bits per heavy atom. The van der Waals surface area contributed by atoms with Crippen LogP contribution in [0.2, 0.25) is 5.02 Å². The molecule has 0 spiro atoms. The van der Waals surface area contributed by atoms with Crippen LogP contribution in [0.15, 0.2) is 23.1 Å². The normalized spacial score (nSPS) is 21.5. The van der Waals surface area contributed by atoms with Crippen LogP contribution < -0.4 is 10.5 Å². The summed E-state index contributed by atoms with van der Waals surface area (Å²) in [5.41, 5.74) is -0.0316. The minimum absolute atomic E-state index is 0.0175. The number of hydrogen-bond donors (Lipinski definition) is 1. The number of aromatic amines is 1. The number of nitrogens with zero attached hydrogens (tertiary/aromatic N) is 3. The fraction of sp³-hybridized carbons (Fsp3) is 0.400. The van der Waals surface area contributed by atoms with E-state index in [-0.39, 0.29) is 22.9 Å². The number of aromatic nitrogens is 3. The van der Waals surface area contributed by atoms with E-state index in [9.17, 15) is 9.18 Å². The molecule has 0 saturated carbocycles. The Hall–Kier alpha value is -1.99. The van der Waals surface area contributed by atoms with Gasteiger partial charge in [-0.25, -0.2) is 9.97 Å². The zero-order chi connectivity index (χ0) is 16.6. The number of H-pyrrole nitrogens is 1. The Morgan fingerprint density at radius 1 is 1.39 bits per heavy atom. The third kappa shape index (κ3) is 3.07. The molecule has 3 rings (SSSR count). The first-order chi connectivity index (χ1) is 11.0. The smallest absolute Gasteiger partial charge is 0.272 e. The molecular weight excluding hydrogens is 323 g/mol. The van der Waals surface area contributed by atoms with Crippen LogP contribution >= 0.6 is 11.6 Å². The van der Waals surface area contributed by atoms with E-state index in [1.54, 1.807) is 6.07 Å². The molecule has 122 valence electrons. The second-order valence-corrected chi connectivity index (χ2v) is 5.94. The molecule has 0 unspecified atom stereocenters. The summed E-state index contributed by atoms with van der Waals surface area (Å²) < 4.78 is 18.8. The highest BCUT2D eigenvalue weighted by molar-refractivity contribution is 6.32. The van der Waals surface area contributed by atoms with E-state index in [0.717, 1.165) is 0 Å². The quantitative estimate of drug-likeness (QED) is 0.850. The monoisotopic (exact) mass is 338 g/mol. The van der Waals surface area contributed by atoms with Gasteiger partial charge in [-0.3, -0.25) is 4.79 Å². The average Bonchev–Trinajstić information content (AvgIpc) is 2.51. The molecule has 2 aromatic heterocycles. The molecular formula is C15H16ClFN4O2. The van der Waals surface area contributed by atoms with Crippen molar-refractivity contribution in [1.82, 2.24) is 15.0 Å². The lowest BCUT2D eigenvalue weighted by Crippen LogP contribution is -2.50. The predicted molar refractivity (Wildman–Crippen MR) is 85.3 cm³/mol. The van der Waals surface area contributed by atoms with Crippen LogP contribution in [-0.4, -0.2) is 40.2 Å². The van der Waals surface area contributed by atoms with E-state index in [4.69, 9.17) is 16.3 Å². The van der Waals surface area contributed by atoms with E-state index in [2.05, 4.69) is 15.0 Å². The molecule has 1 aliphatic rings. The summed E-state index contributed by atoms with van der Waals surface area (Å²) in [7, 11) is 0. The summed E-state index contributed by atoms with van der Waals surface area (Å²) in [6.45, 7) is 4.99. The molecule has 1 N–H and O–H groups in total. The molecule has 23 heavy (non-hydrogen) atoms. The number of nitrogens with one attached hydrogen (secondary N) is 1. The Kier molecular flexibility index (Phi) is 4.32. The Bertz CT molecular complexity index is 772. The summed E-state index contributed by atoms with van der Waals surface area (Å²) in [4.78, 5) is 24.7. The van der Waals surface area contributed by atoms with Gasteiger partial charge in [0.05, 0.1) is 25.3 Å². The minimum atomic E-state index is -0.644. The van der Waals surface area contributed by atoms with Crippen molar-refractivity contribution < 1.29 is 9.13 Å². The lowest BCUT2D eigenvalue weighted by atomic mass is 10.1. The average molecular weight is 339 g/mol. The molecule has 0 amide bonds. The van der Waals surface area contributed by atoms with Gasteiger partial charge in [0.1, 0.15) is 10.8 Å². The molecule has 0 aliphatic carbocycles. The van der Waals surface area contributed by atoms with Crippen molar-refractivity contribution in [2.24, 2.45) is 0 Å². The van der Waals surface area contributed by atoms with Crippen LogP contribution in [0.5, 0.6) is 0 Å². The van der Waals surface area contributed by atoms with E-state index < -0.39 is 11.5 Å². The topological polar surface area (TPSA) is 71.1 Å². The highest BCUT2D eigenvalue weighted by Gasteiger charge is 2.29. The zero-order valence-corrected chi connectivity index (χ0v) is 13.5.